The number of hydrogen-bond donors (Lipinski definition) is 1. The first-order valence-electron chi connectivity index (χ1n) is 16.1. The van der Waals surface area contributed by atoms with Gasteiger partial charge in [0.1, 0.15) is 11.0 Å². The Morgan fingerprint density at radius 3 is 1.85 bits per heavy atom. The van der Waals surface area contributed by atoms with Crippen molar-refractivity contribution < 1.29 is 22.7 Å². The molecular formula is C33H39FN8O4. The molecule has 2 aliphatic rings. The average Bonchev–Trinajstić information content (AvgIpc) is 3.71. The molecule has 242 valence electrons. The largest absolute Gasteiger partial charge is 0.491 e. The average molecular weight is 631 g/mol. The van der Waals surface area contributed by atoms with Gasteiger partial charge in [0, 0.05) is 32.0 Å². The smallest absolute Gasteiger partial charge is 0.319 e. The molecule has 7 rings (SSSR count). The van der Waals surface area contributed by atoms with Gasteiger partial charge in [-0.3, -0.25) is 4.90 Å². The summed E-state index contributed by atoms with van der Waals surface area (Å²) in [6.07, 6.45) is 6.86. The highest BCUT2D eigenvalue weighted by Gasteiger charge is 2.39. The number of nitrogens with one attached hydrogen (secondary N) is 1. The van der Waals surface area contributed by atoms with Crippen molar-refractivity contribution in [3.63, 3.8) is 0 Å². The van der Waals surface area contributed by atoms with Crippen LogP contribution in [0.25, 0.3) is 22.5 Å². The van der Waals surface area contributed by atoms with Crippen LogP contribution in [0.5, 0.6) is 11.5 Å². The van der Waals surface area contributed by atoms with E-state index in [1.165, 1.54) is 0 Å². The van der Waals surface area contributed by atoms with E-state index < -0.39 is 5.82 Å². The van der Waals surface area contributed by atoms with Crippen molar-refractivity contribution in [2.75, 3.05) is 49.4 Å². The van der Waals surface area contributed by atoms with E-state index >= 15 is 0 Å². The minimum atomic E-state index is -0.456. The molecule has 0 amide bonds. The third-order valence-corrected chi connectivity index (χ3v) is 8.56. The van der Waals surface area contributed by atoms with Crippen LogP contribution in [0.3, 0.4) is 0 Å². The van der Waals surface area contributed by atoms with Gasteiger partial charge in [0.15, 0.2) is 11.5 Å². The van der Waals surface area contributed by atoms with Gasteiger partial charge < -0.3 is 23.6 Å². The molecular weight excluding hydrogens is 591 g/mol. The van der Waals surface area contributed by atoms with Gasteiger partial charge >= 0.3 is 12.0 Å². The highest BCUT2D eigenvalue weighted by Crippen LogP contribution is 2.35. The summed E-state index contributed by atoms with van der Waals surface area (Å²) in [5.41, 5.74) is 3.31. The van der Waals surface area contributed by atoms with E-state index in [0.717, 1.165) is 57.4 Å². The molecule has 2 aliphatic heterocycles. The number of oxazole rings is 2. The quantitative estimate of drug-likeness (QED) is 0.190. The first-order chi connectivity index (χ1) is 22.6. The molecule has 2 fully saturated rings. The Hall–Kier alpha value is -4.49. The van der Waals surface area contributed by atoms with Gasteiger partial charge in [-0.1, -0.05) is 0 Å². The molecule has 1 aromatic carbocycles. The van der Waals surface area contributed by atoms with Crippen LogP contribution < -0.4 is 24.8 Å². The molecule has 0 bridgehead atoms. The second-order valence-corrected chi connectivity index (χ2v) is 11.6. The summed E-state index contributed by atoms with van der Waals surface area (Å²) in [4.78, 5) is 21.0. The number of nitrogens with zero attached hydrogens (tertiary/aromatic N) is 7. The highest BCUT2D eigenvalue weighted by molar-refractivity contribution is 5.72. The zero-order valence-corrected chi connectivity index (χ0v) is 26.2. The van der Waals surface area contributed by atoms with Gasteiger partial charge in [0.05, 0.1) is 25.3 Å². The number of rotatable bonds is 11. The van der Waals surface area contributed by atoms with Crippen molar-refractivity contribution in [3.8, 4) is 11.5 Å². The molecule has 6 heterocycles. The van der Waals surface area contributed by atoms with Crippen LogP contribution in [0.2, 0.25) is 0 Å². The molecule has 12 nitrogen and oxygen atoms in total. The number of ether oxygens (including phenoxy) is 2. The molecule has 0 radical (unpaired) electrons. The summed E-state index contributed by atoms with van der Waals surface area (Å²) in [5, 5.41) is 7.78. The number of aromatic nitrogens is 4. The topological polar surface area (TPSA) is 118 Å². The Labute approximate surface area is 266 Å². The minimum Gasteiger partial charge on any atom is -0.491 e. The lowest BCUT2D eigenvalue weighted by Gasteiger charge is -2.46. The number of anilines is 2. The van der Waals surface area contributed by atoms with E-state index in [2.05, 4.69) is 30.2 Å². The van der Waals surface area contributed by atoms with Crippen molar-refractivity contribution in [3.05, 3.63) is 60.2 Å². The van der Waals surface area contributed by atoms with Gasteiger partial charge in [-0.15, -0.1) is 0 Å². The molecule has 46 heavy (non-hydrogen) atoms. The number of likely N-dealkylation sites (tertiary alicyclic amines) is 1. The molecule has 0 saturated carbocycles. The second kappa shape index (κ2) is 13.5. The zero-order chi connectivity index (χ0) is 31.5. The predicted octanol–water partition coefficient (Wildman–Crippen LogP) is 5.34. The summed E-state index contributed by atoms with van der Waals surface area (Å²) in [6.45, 7) is 8.47. The SMILES string of the molecule is CCOc1cc(CN2CCC(N(c3nc4cccnc4o3)N(c3nc4cccnc4o3)C3CCNCC3)CC2)cc(OCC)c1F. The van der Waals surface area contributed by atoms with Crippen LogP contribution in [0, 0.1) is 5.82 Å². The number of fused-ring (bicyclic) bond motifs is 2. The normalized spacial score (nSPS) is 16.7. The molecule has 0 spiro atoms. The fourth-order valence-corrected chi connectivity index (χ4v) is 6.43. The van der Waals surface area contributed by atoms with Gasteiger partial charge in [0.2, 0.25) is 17.2 Å². The van der Waals surface area contributed by atoms with Gasteiger partial charge in [0.25, 0.3) is 0 Å². The van der Waals surface area contributed by atoms with Crippen LogP contribution in [-0.4, -0.2) is 76.3 Å². The third kappa shape index (κ3) is 6.16. The number of piperidine rings is 2. The highest BCUT2D eigenvalue weighted by atomic mass is 19.1. The van der Waals surface area contributed by atoms with Gasteiger partial charge in [-0.2, -0.15) is 14.4 Å². The number of benzene rings is 1. The Kier molecular flexibility index (Phi) is 8.84. The van der Waals surface area contributed by atoms with E-state index in [-0.39, 0.29) is 23.6 Å². The lowest BCUT2D eigenvalue weighted by molar-refractivity contribution is 0.193. The minimum absolute atomic E-state index is 0.0355. The van der Waals surface area contributed by atoms with Crippen LogP contribution in [0.1, 0.15) is 45.1 Å². The summed E-state index contributed by atoms with van der Waals surface area (Å²) >= 11 is 0. The lowest BCUT2D eigenvalue weighted by atomic mass is 10.0. The summed E-state index contributed by atoms with van der Waals surface area (Å²) < 4.78 is 38.7. The van der Waals surface area contributed by atoms with Crippen LogP contribution >= 0.6 is 0 Å². The molecule has 0 aliphatic carbocycles. The Bertz CT molecular complexity index is 1670. The van der Waals surface area contributed by atoms with E-state index in [9.17, 15) is 4.39 Å². The summed E-state index contributed by atoms with van der Waals surface area (Å²) in [6, 6.07) is 12.2. The van der Waals surface area contributed by atoms with Gasteiger partial charge in [-0.05, 0) is 94.6 Å². The number of halogens is 1. The van der Waals surface area contributed by atoms with Crippen LogP contribution in [-0.2, 0) is 6.54 Å². The number of pyridine rings is 2. The zero-order valence-electron chi connectivity index (χ0n) is 26.2. The van der Waals surface area contributed by atoms with Crippen LogP contribution in [0.15, 0.2) is 57.6 Å². The van der Waals surface area contributed by atoms with Crippen molar-refractivity contribution in [1.82, 2.24) is 30.2 Å². The fourth-order valence-electron chi connectivity index (χ4n) is 6.43. The predicted molar refractivity (Wildman–Crippen MR) is 171 cm³/mol. The number of hydrogen-bond acceptors (Lipinski definition) is 12. The van der Waals surface area contributed by atoms with E-state index in [0.29, 0.717) is 54.2 Å². The molecule has 2 saturated heterocycles. The van der Waals surface area contributed by atoms with E-state index in [4.69, 9.17) is 28.3 Å². The monoisotopic (exact) mass is 630 g/mol. The van der Waals surface area contributed by atoms with Crippen molar-refractivity contribution >= 4 is 34.5 Å². The van der Waals surface area contributed by atoms with Crippen LogP contribution in [0.4, 0.5) is 16.4 Å². The van der Waals surface area contributed by atoms with E-state index in [1.807, 2.05) is 38.1 Å². The maximum atomic E-state index is 14.9. The third-order valence-electron chi connectivity index (χ3n) is 8.56. The van der Waals surface area contributed by atoms with Crippen molar-refractivity contribution in [2.24, 2.45) is 0 Å². The van der Waals surface area contributed by atoms with Crippen molar-refractivity contribution in [1.29, 1.82) is 0 Å². The van der Waals surface area contributed by atoms with Crippen molar-refractivity contribution in [2.45, 2.75) is 58.2 Å². The summed E-state index contributed by atoms with van der Waals surface area (Å²) in [5.74, 6) is -0.0129. The molecule has 5 aromatic rings. The molecule has 13 heteroatoms. The first kappa shape index (κ1) is 30.2. The second-order valence-electron chi connectivity index (χ2n) is 11.6. The molecule has 0 unspecified atom stereocenters. The Morgan fingerprint density at radius 2 is 1.35 bits per heavy atom. The Balaban J connectivity index is 1.20. The molecule has 4 aromatic heterocycles. The Morgan fingerprint density at radius 1 is 0.826 bits per heavy atom. The maximum Gasteiger partial charge on any atom is 0.319 e. The molecule has 1 N–H and O–H groups in total. The number of hydrazine groups is 1. The maximum absolute atomic E-state index is 14.9. The standard InChI is InChI=1S/C33H39FN8O4/c1-3-43-27-19-22(20-28(29(27)34)44-4-2)21-40-17-11-24(12-18-40)42(33-39-26-8-6-14-37-31(26)46-33)41(23-9-15-35-16-10-23)32-38-25-7-5-13-36-30(25)45-32/h5-8,13-14,19-20,23-24,35H,3-4,9-12,15-18,21H2,1-2H3. The molecule has 0 atom stereocenters. The summed E-state index contributed by atoms with van der Waals surface area (Å²) in [7, 11) is 0. The van der Waals surface area contributed by atoms with Gasteiger partial charge in [-0.25, -0.2) is 20.0 Å². The van der Waals surface area contributed by atoms with E-state index in [1.54, 1.807) is 24.5 Å². The lowest BCUT2D eigenvalue weighted by Crippen LogP contribution is -2.59. The fraction of sp³-hybridized carbons (Fsp3) is 0.455. The first-order valence-corrected chi connectivity index (χ1v) is 16.1.